The monoisotopic (exact) mass is 339 g/mol. The first-order valence-corrected chi connectivity index (χ1v) is 9.88. The zero-order valence-corrected chi connectivity index (χ0v) is 14.1. The molecule has 1 aliphatic rings. The zero-order valence-electron chi connectivity index (χ0n) is 13.3. The fourth-order valence-electron chi connectivity index (χ4n) is 2.86. The molecule has 0 bridgehead atoms. The molecule has 1 aromatic rings. The molecule has 0 atom stereocenters. The molecule has 128 valence electrons. The normalized spacial score (nSPS) is 16.0. The first-order valence-electron chi connectivity index (χ1n) is 8.23. The van der Waals surface area contributed by atoms with Gasteiger partial charge in [-0.3, -0.25) is 9.52 Å². The van der Waals surface area contributed by atoms with Crippen molar-refractivity contribution in [3.05, 3.63) is 24.4 Å². The van der Waals surface area contributed by atoms with E-state index in [1.54, 1.807) is 18.2 Å². The number of aromatic nitrogens is 1. The summed E-state index contributed by atoms with van der Waals surface area (Å²) in [4.78, 5) is 15.7. The van der Waals surface area contributed by atoms with E-state index in [2.05, 4.69) is 15.0 Å². The summed E-state index contributed by atoms with van der Waals surface area (Å²) < 4.78 is 26.2. The highest BCUT2D eigenvalue weighted by atomic mass is 32.2. The highest BCUT2D eigenvalue weighted by Gasteiger charge is 2.15. The predicted octanol–water partition coefficient (Wildman–Crippen LogP) is 2.30. The zero-order chi connectivity index (χ0) is 16.5. The van der Waals surface area contributed by atoms with Crippen LogP contribution in [-0.2, 0) is 14.8 Å². The van der Waals surface area contributed by atoms with E-state index in [1.807, 2.05) is 0 Å². The van der Waals surface area contributed by atoms with Gasteiger partial charge in [0.05, 0.1) is 5.75 Å². The third-order valence-electron chi connectivity index (χ3n) is 4.12. The number of carbonyl (C=O) groups is 1. The number of carbonyl (C=O) groups excluding carboxylic acids is 1. The van der Waals surface area contributed by atoms with Crippen LogP contribution in [0, 0.1) is 5.92 Å². The lowest BCUT2D eigenvalue weighted by Crippen LogP contribution is -2.31. The molecule has 1 aliphatic carbocycles. The molecule has 1 saturated carbocycles. The molecule has 0 saturated heterocycles. The largest absolute Gasteiger partial charge is 0.355 e. The molecule has 0 radical (unpaired) electrons. The van der Waals surface area contributed by atoms with E-state index < -0.39 is 10.0 Å². The molecule has 2 N–H and O–H groups in total. The number of anilines is 1. The van der Waals surface area contributed by atoms with Crippen LogP contribution in [0.3, 0.4) is 0 Å². The number of nitrogens with zero attached hydrogens (tertiary/aromatic N) is 1. The molecule has 0 spiro atoms. The highest BCUT2D eigenvalue weighted by Crippen LogP contribution is 2.27. The van der Waals surface area contributed by atoms with Crippen molar-refractivity contribution in [2.45, 2.75) is 44.9 Å². The Balaban J connectivity index is 1.64. The number of hydrogen-bond acceptors (Lipinski definition) is 4. The number of pyridine rings is 1. The second-order valence-corrected chi connectivity index (χ2v) is 7.87. The van der Waals surface area contributed by atoms with Crippen LogP contribution in [0.2, 0.25) is 0 Å². The van der Waals surface area contributed by atoms with Crippen LogP contribution in [0.25, 0.3) is 0 Å². The summed E-state index contributed by atoms with van der Waals surface area (Å²) in [6.45, 7) is 0.117. The van der Waals surface area contributed by atoms with E-state index in [-0.39, 0.29) is 24.0 Å². The van der Waals surface area contributed by atoms with Gasteiger partial charge in [-0.2, -0.15) is 0 Å². The Labute approximate surface area is 138 Å². The van der Waals surface area contributed by atoms with E-state index in [0.29, 0.717) is 12.3 Å². The number of nitrogens with one attached hydrogen (secondary N) is 2. The lowest BCUT2D eigenvalue weighted by atomic mass is 9.86. The number of amides is 1. The first-order chi connectivity index (χ1) is 11.1. The van der Waals surface area contributed by atoms with Gasteiger partial charge in [0.25, 0.3) is 0 Å². The Bertz CT molecular complexity index is 584. The molecule has 1 heterocycles. The summed E-state index contributed by atoms with van der Waals surface area (Å²) in [5, 5.41) is 2.69. The number of hydrogen-bond donors (Lipinski definition) is 2. The van der Waals surface area contributed by atoms with E-state index in [4.69, 9.17) is 0 Å². The molecule has 23 heavy (non-hydrogen) atoms. The molecule has 0 aromatic carbocycles. The van der Waals surface area contributed by atoms with E-state index in [1.165, 1.54) is 38.3 Å². The predicted molar refractivity (Wildman–Crippen MR) is 90.5 cm³/mol. The molecule has 1 fully saturated rings. The van der Waals surface area contributed by atoms with Crippen molar-refractivity contribution in [3.63, 3.8) is 0 Å². The minimum absolute atomic E-state index is 0.0661. The number of sulfonamides is 1. The van der Waals surface area contributed by atoms with Gasteiger partial charge < -0.3 is 5.32 Å². The van der Waals surface area contributed by atoms with Gasteiger partial charge in [0.1, 0.15) is 5.82 Å². The Morgan fingerprint density at radius 1 is 1.22 bits per heavy atom. The van der Waals surface area contributed by atoms with Crippen molar-refractivity contribution in [2.24, 2.45) is 5.92 Å². The van der Waals surface area contributed by atoms with E-state index in [0.717, 1.165) is 6.42 Å². The summed E-state index contributed by atoms with van der Waals surface area (Å²) in [6.07, 6.45) is 9.19. The first kappa shape index (κ1) is 17.7. The highest BCUT2D eigenvalue weighted by molar-refractivity contribution is 7.92. The van der Waals surface area contributed by atoms with Crippen molar-refractivity contribution < 1.29 is 13.2 Å². The smallest absolute Gasteiger partial charge is 0.235 e. The minimum atomic E-state index is -3.49. The summed E-state index contributed by atoms with van der Waals surface area (Å²) in [6, 6.07) is 5.00. The summed E-state index contributed by atoms with van der Waals surface area (Å²) >= 11 is 0. The van der Waals surface area contributed by atoms with Gasteiger partial charge in [0.15, 0.2) is 0 Å². The molecular weight excluding hydrogens is 314 g/mol. The van der Waals surface area contributed by atoms with E-state index >= 15 is 0 Å². The quantitative estimate of drug-likeness (QED) is 0.760. The van der Waals surface area contributed by atoms with Crippen LogP contribution in [0.4, 0.5) is 5.82 Å². The maximum Gasteiger partial charge on any atom is 0.235 e. The summed E-state index contributed by atoms with van der Waals surface area (Å²) in [7, 11) is -3.49. The second kappa shape index (κ2) is 8.86. The van der Waals surface area contributed by atoms with Crippen LogP contribution < -0.4 is 10.0 Å². The average molecular weight is 339 g/mol. The van der Waals surface area contributed by atoms with Crippen LogP contribution >= 0.6 is 0 Å². The minimum Gasteiger partial charge on any atom is -0.355 e. The Morgan fingerprint density at radius 3 is 2.70 bits per heavy atom. The Hall–Kier alpha value is -1.63. The Kier molecular flexibility index (Phi) is 6.83. The van der Waals surface area contributed by atoms with Crippen LogP contribution in [0.1, 0.15) is 44.9 Å². The third kappa shape index (κ3) is 6.99. The van der Waals surface area contributed by atoms with Crippen molar-refractivity contribution in [1.29, 1.82) is 0 Å². The fourth-order valence-corrected chi connectivity index (χ4v) is 3.77. The van der Waals surface area contributed by atoms with Crippen molar-refractivity contribution in [2.75, 3.05) is 17.0 Å². The van der Waals surface area contributed by atoms with Gasteiger partial charge in [-0.15, -0.1) is 0 Å². The third-order valence-corrected chi connectivity index (χ3v) is 5.38. The molecule has 0 unspecified atom stereocenters. The van der Waals surface area contributed by atoms with Gasteiger partial charge in [-0.25, -0.2) is 13.4 Å². The maximum absolute atomic E-state index is 11.9. The van der Waals surface area contributed by atoms with Crippen molar-refractivity contribution >= 4 is 21.7 Å². The van der Waals surface area contributed by atoms with Gasteiger partial charge in [-0.1, -0.05) is 38.2 Å². The summed E-state index contributed by atoms with van der Waals surface area (Å²) in [5.74, 6) is 0.724. The summed E-state index contributed by atoms with van der Waals surface area (Å²) in [5.41, 5.74) is 0. The molecule has 7 heteroatoms. The second-order valence-electron chi connectivity index (χ2n) is 6.03. The lowest BCUT2D eigenvalue weighted by molar-refractivity contribution is -0.121. The van der Waals surface area contributed by atoms with Gasteiger partial charge in [0.2, 0.25) is 15.9 Å². The van der Waals surface area contributed by atoms with Gasteiger partial charge >= 0.3 is 0 Å². The number of rotatable bonds is 8. The average Bonchev–Trinajstić information content (AvgIpc) is 2.54. The topological polar surface area (TPSA) is 88.2 Å². The molecule has 2 rings (SSSR count). The molecular formula is C16H25N3O3S. The van der Waals surface area contributed by atoms with Crippen molar-refractivity contribution in [1.82, 2.24) is 10.3 Å². The van der Waals surface area contributed by atoms with E-state index in [9.17, 15) is 13.2 Å². The standard InChI is InChI=1S/C16H25N3O3S/c20-16(10-9-14-6-2-1-3-7-14)18-12-13-23(21,22)19-15-8-4-5-11-17-15/h4-5,8,11,14H,1-3,6-7,9-10,12-13H2,(H,17,19)(H,18,20). The fraction of sp³-hybridized carbons (Fsp3) is 0.625. The lowest BCUT2D eigenvalue weighted by Gasteiger charge is -2.20. The molecule has 1 aromatic heterocycles. The van der Waals surface area contributed by atoms with Crippen LogP contribution in [0.5, 0.6) is 0 Å². The van der Waals surface area contributed by atoms with Crippen LogP contribution in [-0.4, -0.2) is 31.6 Å². The van der Waals surface area contributed by atoms with Gasteiger partial charge in [-0.05, 0) is 24.5 Å². The van der Waals surface area contributed by atoms with Gasteiger partial charge in [0, 0.05) is 19.2 Å². The maximum atomic E-state index is 11.9. The van der Waals surface area contributed by atoms with Crippen molar-refractivity contribution in [3.8, 4) is 0 Å². The molecule has 0 aliphatic heterocycles. The Morgan fingerprint density at radius 2 is 2.00 bits per heavy atom. The van der Waals surface area contributed by atoms with Crippen LogP contribution in [0.15, 0.2) is 24.4 Å². The molecule has 1 amide bonds. The SMILES string of the molecule is O=C(CCC1CCCCC1)NCCS(=O)(=O)Nc1ccccn1. The molecule has 6 nitrogen and oxygen atoms in total.